The minimum atomic E-state index is 0.272. The van der Waals surface area contributed by atoms with Crippen molar-refractivity contribution in [1.82, 2.24) is 4.90 Å². The van der Waals surface area contributed by atoms with E-state index in [0.29, 0.717) is 0 Å². The lowest BCUT2D eigenvalue weighted by molar-refractivity contribution is 0.199. The van der Waals surface area contributed by atoms with Crippen molar-refractivity contribution >= 4 is 0 Å². The van der Waals surface area contributed by atoms with Gasteiger partial charge in [-0.15, -0.1) is 0 Å². The molecule has 0 bridgehead atoms. The molecule has 0 spiro atoms. The Morgan fingerprint density at radius 3 is 1.27 bits per heavy atom. The average molecular weight is 316 g/mol. The monoisotopic (exact) mass is 315 g/mol. The highest BCUT2D eigenvalue weighted by Crippen LogP contribution is 2.11. The lowest BCUT2D eigenvalue weighted by Crippen LogP contribution is -2.28. The van der Waals surface area contributed by atoms with Crippen LogP contribution in [0.5, 0.6) is 0 Å². The summed E-state index contributed by atoms with van der Waals surface area (Å²) >= 11 is 0. The van der Waals surface area contributed by atoms with Gasteiger partial charge in [0.15, 0.2) is 0 Å². The Morgan fingerprint density at radius 1 is 0.500 bits per heavy atom. The number of unbranched alkanes of at least 4 members (excludes halogenated alkanes) is 10. The lowest BCUT2D eigenvalue weighted by Gasteiger charge is -2.21. The summed E-state index contributed by atoms with van der Waals surface area (Å²) in [6.45, 7) is 5.87. The second-order valence-electron chi connectivity index (χ2n) is 6.53. The molecular weight excluding hydrogens is 274 g/mol. The summed E-state index contributed by atoms with van der Waals surface area (Å²) < 4.78 is 0. The Balaban J connectivity index is 3.33. The van der Waals surface area contributed by atoms with E-state index in [0.717, 1.165) is 32.5 Å². The molecule has 2 N–H and O–H groups in total. The van der Waals surface area contributed by atoms with Gasteiger partial charge in [-0.2, -0.15) is 0 Å². The zero-order valence-corrected chi connectivity index (χ0v) is 15.1. The van der Waals surface area contributed by atoms with Crippen LogP contribution in [0.1, 0.15) is 90.4 Å². The third-order valence-corrected chi connectivity index (χ3v) is 4.34. The van der Waals surface area contributed by atoms with Crippen molar-refractivity contribution in [3.05, 3.63) is 0 Å². The second kappa shape index (κ2) is 18.9. The van der Waals surface area contributed by atoms with Gasteiger partial charge in [0.2, 0.25) is 0 Å². The van der Waals surface area contributed by atoms with E-state index in [4.69, 9.17) is 10.2 Å². The lowest BCUT2D eigenvalue weighted by atomic mass is 10.1. The highest BCUT2D eigenvalue weighted by Gasteiger charge is 2.03. The van der Waals surface area contributed by atoms with Gasteiger partial charge >= 0.3 is 0 Å². The highest BCUT2D eigenvalue weighted by atomic mass is 16.3. The van der Waals surface area contributed by atoms with Crippen molar-refractivity contribution < 1.29 is 10.2 Å². The van der Waals surface area contributed by atoms with Gasteiger partial charge in [0.1, 0.15) is 0 Å². The first kappa shape index (κ1) is 21.9. The molecular formula is C19H41NO2. The average Bonchev–Trinajstić information content (AvgIpc) is 2.54. The molecule has 0 aromatic rings. The van der Waals surface area contributed by atoms with Crippen LogP contribution in [0.25, 0.3) is 0 Å². The Hall–Kier alpha value is -0.120. The van der Waals surface area contributed by atoms with Gasteiger partial charge in [-0.3, -0.25) is 0 Å². The zero-order chi connectivity index (χ0) is 16.3. The molecule has 0 aliphatic carbocycles. The van der Waals surface area contributed by atoms with E-state index in [1.165, 1.54) is 70.6 Å². The van der Waals surface area contributed by atoms with Crippen LogP contribution in [-0.2, 0) is 0 Å². The van der Waals surface area contributed by atoms with Crippen LogP contribution in [0.15, 0.2) is 0 Å². The Kier molecular flexibility index (Phi) is 18.8. The zero-order valence-electron chi connectivity index (χ0n) is 15.1. The van der Waals surface area contributed by atoms with Gasteiger partial charge < -0.3 is 15.1 Å². The van der Waals surface area contributed by atoms with Crippen molar-refractivity contribution in [3.8, 4) is 0 Å². The van der Waals surface area contributed by atoms with E-state index in [1.54, 1.807) is 0 Å². The van der Waals surface area contributed by atoms with Crippen LogP contribution in [-0.4, -0.2) is 48.0 Å². The standard InChI is InChI=1S/C19H41NO2/c1-2-3-4-5-6-7-8-9-10-11-12-15-20(16-13-18-21)17-14-19-22/h21-22H,2-19H2,1H3. The number of rotatable bonds is 18. The molecule has 134 valence electrons. The second-order valence-corrected chi connectivity index (χ2v) is 6.53. The summed E-state index contributed by atoms with van der Waals surface area (Å²) in [4.78, 5) is 2.39. The van der Waals surface area contributed by atoms with E-state index in [1.807, 2.05) is 0 Å². The number of aliphatic hydroxyl groups is 2. The van der Waals surface area contributed by atoms with E-state index in [9.17, 15) is 0 Å². The van der Waals surface area contributed by atoms with Crippen LogP contribution >= 0.6 is 0 Å². The molecule has 3 heteroatoms. The molecule has 0 heterocycles. The van der Waals surface area contributed by atoms with Gasteiger partial charge in [-0.25, -0.2) is 0 Å². The fraction of sp³-hybridized carbons (Fsp3) is 1.00. The summed E-state index contributed by atoms with van der Waals surface area (Å²) in [6.07, 6.45) is 16.9. The maximum atomic E-state index is 8.92. The first-order chi connectivity index (χ1) is 10.8. The summed E-state index contributed by atoms with van der Waals surface area (Å²) in [6, 6.07) is 0. The molecule has 3 nitrogen and oxygen atoms in total. The molecule has 0 fully saturated rings. The quantitative estimate of drug-likeness (QED) is 0.369. The largest absolute Gasteiger partial charge is 0.396 e. The highest BCUT2D eigenvalue weighted by molar-refractivity contribution is 4.58. The summed E-state index contributed by atoms with van der Waals surface area (Å²) in [7, 11) is 0. The van der Waals surface area contributed by atoms with Crippen LogP contribution in [0.4, 0.5) is 0 Å². The van der Waals surface area contributed by atoms with Crippen LogP contribution in [0.2, 0.25) is 0 Å². The number of hydrogen-bond acceptors (Lipinski definition) is 3. The molecule has 0 saturated heterocycles. The van der Waals surface area contributed by atoms with Crippen LogP contribution < -0.4 is 0 Å². The van der Waals surface area contributed by atoms with Crippen molar-refractivity contribution in [2.24, 2.45) is 0 Å². The minimum absolute atomic E-state index is 0.272. The molecule has 0 radical (unpaired) electrons. The van der Waals surface area contributed by atoms with Crippen molar-refractivity contribution in [2.75, 3.05) is 32.8 Å². The smallest absolute Gasteiger partial charge is 0.0443 e. The van der Waals surface area contributed by atoms with Crippen LogP contribution in [0, 0.1) is 0 Å². The molecule has 0 saturated carbocycles. The van der Waals surface area contributed by atoms with Crippen molar-refractivity contribution in [3.63, 3.8) is 0 Å². The molecule has 0 unspecified atom stereocenters. The maximum Gasteiger partial charge on any atom is 0.0443 e. The first-order valence-corrected chi connectivity index (χ1v) is 9.79. The minimum Gasteiger partial charge on any atom is -0.396 e. The van der Waals surface area contributed by atoms with Gasteiger partial charge in [-0.1, -0.05) is 71.1 Å². The molecule has 22 heavy (non-hydrogen) atoms. The number of aliphatic hydroxyl groups excluding tert-OH is 2. The molecule has 0 aromatic carbocycles. The third-order valence-electron chi connectivity index (χ3n) is 4.34. The first-order valence-electron chi connectivity index (χ1n) is 9.79. The summed E-state index contributed by atoms with van der Waals surface area (Å²) in [5.41, 5.74) is 0. The van der Waals surface area contributed by atoms with E-state index >= 15 is 0 Å². The predicted molar refractivity (Wildman–Crippen MR) is 96.3 cm³/mol. The van der Waals surface area contributed by atoms with E-state index in [2.05, 4.69) is 11.8 Å². The fourth-order valence-corrected chi connectivity index (χ4v) is 2.92. The molecule has 0 aliphatic heterocycles. The van der Waals surface area contributed by atoms with Gasteiger partial charge in [-0.05, 0) is 25.8 Å². The molecule has 0 amide bonds. The van der Waals surface area contributed by atoms with Gasteiger partial charge in [0.25, 0.3) is 0 Å². The summed E-state index contributed by atoms with van der Waals surface area (Å²) in [5.74, 6) is 0. The Labute approximate surface area is 139 Å². The number of hydrogen-bond donors (Lipinski definition) is 2. The van der Waals surface area contributed by atoms with Gasteiger partial charge in [0, 0.05) is 26.3 Å². The van der Waals surface area contributed by atoms with Crippen molar-refractivity contribution in [1.29, 1.82) is 0 Å². The van der Waals surface area contributed by atoms with E-state index in [-0.39, 0.29) is 13.2 Å². The fourth-order valence-electron chi connectivity index (χ4n) is 2.92. The summed E-state index contributed by atoms with van der Waals surface area (Å²) in [5, 5.41) is 17.8. The molecule has 0 rings (SSSR count). The Bertz CT molecular complexity index is 192. The van der Waals surface area contributed by atoms with E-state index < -0.39 is 0 Å². The van der Waals surface area contributed by atoms with Crippen molar-refractivity contribution in [2.45, 2.75) is 90.4 Å². The molecule has 0 aromatic heterocycles. The maximum absolute atomic E-state index is 8.92. The SMILES string of the molecule is CCCCCCCCCCCCCN(CCCO)CCCO. The Morgan fingerprint density at radius 2 is 0.864 bits per heavy atom. The molecule has 0 aliphatic rings. The predicted octanol–water partition coefficient (Wildman–Crippen LogP) is 4.36. The number of nitrogens with zero attached hydrogens (tertiary/aromatic N) is 1. The van der Waals surface area contributed by atoms with Gasteiger partial charge in [0.05, 0.1) is 0 Å². The normalized spacial score (nSPS) is 11.5. The topological polar surface area (TPSA) is 43.7 Å². The third kappa shape index (κ3) is 16.3. The van der Waals surface area contributed by atoms with Crippen LogP contribution in [0.3, 0.4) is 0 Å². The molecule has 0 atom stereocenters.